The number of rotatable bonds is 4. The van der Waals surface area contributed by atoms with Crippen LogP contribution in [0.1, 0.15) is 18.4 Å². The number of thiocarbonyl (C=S) groups is 1. The van der Waals surface area contributed by atoms with Crippen LogP contribution in [0.15, 0.2) is 78.9 Å². The highest BCUT2D eigenvalue weighted by Gasteiger charge is 2.17. The second kappa shape index (κ2) is 9.10. The molecule has 0 spiro atoms. The molecule has 0 aliphatic carbocycles. The van der Waals surface area contributed by atoms with Gasteiger partial charge in [-0.1, -0.05) is 60.7 Å². The molecular formula is C22H20FN3OS. The van der Waals surface area contributed by atoms with E-state index in [4.69, 9.17) is 12.2 Å². The molecule has 1 amide bonds. The first-order valence-electron chi connectivity index (χ1n) is 8.81. The van der Waals surface area contributed by atoms with Crippen molar-refractivity contribution in [1.29, 1.82) is 0 Å². The zero-order valence-electron chi connectivity index (χ0n) is 15.3. The Hall–Kier alpha value is -3.25. The number of amides is 1. The molecule has 4 nitrogen and oxygen atoms in total. The molecule has 1 unspecified atom stereocenters. The minimum absolute atomic E-state index is 0.261. The van der Waals surface area contributed by atoms with Crippen molar-refractivity contribution in [3.05, 3.63) is 90.2 Å². The molecule has 6 heteroatoms. The molecule has 1 atom stereocenters. The van der Waals surface area contributed by atoms with Crippen LogP contribution < -0.4 is 16.2 Å². The third kappa shape index (κ3) is 4.92. The fourth-order valence-electron chi connectivity index (χ4n) is 2.71. The first-order valence-corrected chi connectivity index (χ1v) is 9.22. The fourth-order valence-corrected chi connectivity index (χ4v) is 2.88. The molecule has 0 saturated carbocycles. The highest BCUT2D eigenvalue weighted by molar-refractivity contribution is 7.80. The topological polar surface area (TPSA) is 53.2 Å². The van der Waals surface area contributed by atoms with Crippen molar-refractivity contribution >= 4 is 28.9 Å². The van der Waals surface area contributed by atoms with Crippen molar-refractivity contribution in [1.82, 2.24) is 10.9 Å². The van der Waals surface area contributed by atoms with E-state index in [1.54, 1.807) is 19.1 Å². The molecule has 3 aromatic rings. The molecule has 3 N–H and O–H groups in total. The average Bonchev–Trinajstić information content (AvgIpc) is 2.72. The van der Waals surface area contributed by atoms with Crippen LogP contribution in [0.3, 0.4) is 0 Å². The molecule has 142 valence electrons. The van der Waals surface area contributed by atoms with Crippen LogP contribution >= 0.6 is 12.2 Å². The molecule has 3 rings (SSSR count). The quantitative estimate of drug-likeness (QED) is 0.447. The summed E-state index contributed by atoms with van der Waals surface area (Å²) >= 11 is 5.15. The summed E-state index contributed by atoms with van der Waals surface area (Å²) in [5.41, 5.74) is 7.90. The summed E-state index contributed by atoms with van der Waals surface area (Å²) in [4.78, 5) is 12.4. The van der Waals surface area contributed by atoms with Gasteiger partial charge in [0.1, 0.15) is 5.82 Å². The number of hydrogen-bond acceptors (Lipinski definition) is 2. The van der Waals surface area contributed by atoms with Gasteiger partial charge in [-0.15, -0.1) is 0 Å². The second-order valence-electron chi connectivity index (χ2n) is 6.26. The fraction of sp³-hybridized carbons (Fsp3) is 0.0909. The summed E-state index contributed by atoms with van der Waals surface area (Å²) in [6.07, 6.45) is 0. The van der Waals surface area contributed by atoms with E-state index in [1.807, 2.05) is 60.7 Å². The first-order chi connectivity index (χ1) is 13.5. The van der Waals surface area contributed by atoms with Gasteiger partial charge in [0.25, 0.3) is 0 Å². The minimum Gasteiger partial charge on any atom is -0.331 e. The zero-order chi connectivity index (χ0) is 19.9. The van der Waals surface area contributed by atoms with Gasteiger partial charge < -0.3 is 5.32 Å². The summed E-state index contributed by atoms with van der Waals surface area (Å²) in [6, 6.07) is 23.5. The van der Waals surface area contributed by atoms with Gasteiger partial charge >= 0.3 is 0 Å². The maximum atomic E-state index is 14.5. The predicted molar refractivity (Wildman–Crippen MR) is 114 cm³/mol. The summed E-state index contributed by atoms with van der Waals surface area (Å²) in [7, 11) is 0. The second-order valence-corrected chi connectivity index (χ2v) is 6.67. The van der Waals surface area contributed by atoms with E-state index in [-0.39, 0.29) is 16.8 Å². The number of para-hydroxylation sites is 1. The molecule has 0 fully saturated rings. The van der Waals surface area contributed by atoms with E-state index in [0.29, 0.717) is 11.1 Å². The Bertz CT molecular complexity index is 964. The smallest absolute Gasteiger partial charge is 0.245 e. The van der Waals surface area contributed by atoms with Crippen molar-refractivity contribution in [2.45, 2.75) is 12.8 Å². The standard InChI is InChI=1S/C22H20FN3OS/c1-15(21(27)25-26-22(28)24-18-10-6-3-7-11-18)17-12-13-19(20(23)14-17)16-8-4-2-5-9-16/h2-15H,1H3,(H,25,27)(H2,24,26,28). The normalized spacial score (nSPS) is 11.4. The van der Waals surface area contributed by atoms with Crippen LogP contribution in [0.2, 0.25) is 0 Å². The van der Waals surface area contributed by atoms with Crippen molar-refractivity contribution < 1.29 is 9.18 Å². The lowest BCUT2D eigenvalue weighted by molar-refractivity contribution is -0.122. The van der Waals surface area contributed by atoms with Gasteiger partial charge in [0.05, 0.1) is 5.92 Å². The Morgan fingerprint density at radius 3 is 2.21 bits per heavy atom. The van der Waals surface area contributed by atoms with Crippen LogP contribution in [0, 0.1) is 5.82 Å². The SMILES string of the molecule is CC(C(=O)NNC(=S)Nc1ccccc1)c1ccc(-c2ccccc2)c(F)c1. The highest BCUT2D eigenvalue weighted by Crippen LogP contribution is 2.26. The number of hydrazine groups is 1. The Labute approximate surface area is 168 Å². The molecule has 0 saturated heterocycles. The Kier molecular flexibility index (Phi) is 6.34. The largest absolute Gasteiger partial charge is 0.331 e. The number of benzene rings is 3. The molecular weight excluding hydrogens is 373 g/mol. The molecule has 0 radical (unpaired) electrons. The van der Waals surface area contributed by atoms with Gasteiger partial charge in [0.2, 0.25) is 5.91 Å². The predicted octanol–water partition coefficient (Wildman–Crippen LogP) is 4.61. The van der Waals surface area contributed by atoms with Crippen molar-refractivity contribution in [3.63, 3.8) is 0 Å². The molecule has 0 bridgehead atoms. The van der Waals surface area contributed by atoms with E-state index >= 15 is 0 Å². The lowest BCUT2D eigenvalue weighted by Gasteiger charge is -2.16. The lowest BCUT2D eigenvalue weighted by atomic mass is 9.96. The number of carbonyl (C=O) groups is 1. The molecule has 0 heterocycles. The van der Waals surface area contributed by atoms with Crippen LogP contribution in [0.25, 0.3) is 11.1 Å². The monoisotopic (exact) mass is 393 g/mol. The molecule has 0 aliphatic heterocycles. The highest BCUT2D eigenvalue weighted by atomic mass is 32.1. The number of hydrogen-bond donors (Lipinski definition) is 3. The lowest BCUT2D eigenvalue weighted by Crippen LogP contribution is -2.45. The van der Waals surface area contributed by atoms with Crippen LogP contribution in [-0.4, -0.2) is 11.0 Å². The van der Waals surface area contributed by atoms with Gasteiger partial charge in [0, 0.05) is 11.3 Å². The van der Waals surface area contributed by atoms with Gasteiger partial charge in [0.15, 0.2) is 5.11 Å². The third-order valence-electron chi connectivity index (χ3n) is 4.30. The van der Waals surface area contributed by atoms with Crippen LogP contribution in [0.4, 0.5) is 10.1 Å². The van der Waals surface area contributed by atoms with E-state index < -0.39 is 5.92 Å². The van der Waals surface area contributed by atoms with Gasteiger partial charge in [-0.05, 0) is 48.5 Å². The number of nitrogens with one attached hydrogen (secondary N) is 3. The molecule has 28 heavy (non-hydrogen) atoms. The van der Waals surface area contributed by atoms with E-state index in [9.17, 15) is 9.18 Å². The summed E-state index contributed by atoms with van der Waals surface area (Å²) in [6.45, 7) is 1.71. The summed E-state index contributed by atoms with van der Waals surface area (Å²) in [5, 5.41) is 3.22. The Morgan fingerprint density at radius 2 is 1.57 bits per heavy atom. The summed E-state index contributed by atoms with van der Waals surface area (Å²) in [5.74, 6) is -1.23. The van der Waals surface area contributed by atoms with Crippen molar-refractivity contribution in [2.75, 3.05) is 5.32 Å². The van der Waals surface area contributed by atoms with Gasteiger partial charge in [-0.2, -0.15) is 0 Å². The minimum atomic E-state index is -0.550. The van der Waals surface area contributed by atoms with Gasteiger partial charge in [-0.3, -0.25) is 15.6 Å². The Balaban J connectivity index is 1.60. The number of carbonyl (C=O) groups excluding carboxylic acids is 1. The third-order valence-corrected chi connectivity index (χ3v) is 4.51. The van der Waals surface area contributed by atoms with E-state index in [1.165, 1.54) is 6.07 Å². The molecule has 3 aromatic carbocycles. The summed E-state index contributed by atoms with van der Waals surface area (Å²) < 4.78 is 14.5. The van der Waals surface area contributed by atoms with Crippen molar-refractivity contribution in [2.24, 2.45) is 0 Å². The van der Waals surface area contributed by atoms with Crippen LogP contribution in [-0.2, 0) is 4.79 Å². The van der Waals surface area contributed by atoms with Crippen molar-refractivity contribution in [3.8, 4) is 11.1 Å². The maximum Gasteiger partial charge on any atom is 0.245 e. The zero-order valence-corrected chi connectivity index (χ0v) is 16.1. The molecule has 0 aliphatic rings. The number of anilines is 1. The van der Waals surface area contributed by atoms with Crippen LogP contribution in [0.5, 0.6) is 0 Å². The Morgan fingerprint density at radius 1 is 0.929 bits per heavy atom. The van der Waals surface area contributed by atoms with Gasteiger partial charge in [-0.25, -0.2) is 4.39 Å². The van der Waals surface area contributed by atoms with E-state index in [0.717, 1.165) is 11.3 Å². The maximum absolute atomic E-state index is 14.5. The number of halogens is 1. The average molecular weight is 393 g/mol. The molecule has 0 aromatic heterocycles. The first kappa shape index (κ1) is 19.5. The van der Waals surface area contributed by atoms with E-state index in [2.05, 4.69) is 16.2 Å².